The number of nitrogens with zero attached hydrogens (tertiary/aromatic N) is 3. The van der Waals surface area contributed by atoms with Crippen molar-refractivity contribution in [3.8, 4) is 6.57 Å². The lowest BCUT2D eigenvalue weighted by atomic mass is 9.97. The van der Waals surface area contributed by atoms with Crippen molar-refractivity contribution in [2.45, 2.75) is 12.5 Å². The number of amides is 1. The second kappa shape index (κ2) is 6.03. The predicted octanol–water partition coefficient (Wildman–Crippen LogP) is 1.21. The average molecular weight is 374 g/mol. The molecular weight excluding hydrogens is 361 g/mol. The first-order valence-electron chi connectivity index (χ1n) is 5.59. The SMILES string of the molecule is C#[N+]OCN(I)C1C=Cc2[nH]nc(C(=O)NC)c2C1. The molecule has 8 heteroatoms. The van der Waals surface area contributed by atoms with Gasteiger partial charge in [-0.3, -0.25) is 9.89 Å². The summed E-state index contributed by atoms with van der Waals surface area (Å²) < 4.78 is 1.91. The van der Waals surface area contributed by atoms with Crippen molar-refractivity contribution in [1.82, 2.24) is 18.6 Å². The summed E-state index contributed by atoms with van der Waals surface area (Å²) in [6, 6.07) is 0.0934. The number of nitrogens with one attached hydrogen (secondary N) is 2. The number of H-pyrrole nitrogens is 1. The molecule has 0 saturated heterocycles. The topological polar surface area (TPSA) is 74.6 Å². The van der Waals surface area contributed by atoms with Gasteiger partial charge in [0.2, 0.25) is 11.7 Å². The minimum atomic E-state index is -0.195. The van der Waals surface area contributed by atoms with Gasteiger partial charge in [-0.25, -0.2) is 0 Å². The number of hydrogen-bond acceptors (Lipinski definition) is 4. The molecule has 0 spiro atoms. The van der Waals surface area contributed by atoms with Gasteiger partial charge in [-0.05, 0) is 12.5 Å². The van der Waals surface area contributed by atoms with Gasteiger partial charge in [0.25, 0.3) is 5.91 Å². The molecule has 19 heavy (non-hydrogen) atoms. The van der Waals surface area contributed by atoms with E-state index in [0.717, 1.165) is 11.3 Å². The van der Waals surface area contributed by atoms with Crippen LogP contribution in [-0.4, -0.2) is 39.0 Å². The number of halogens is 1. The summed E-state index contributed by atoms with van der Waals surface area (Å²) in [5, 5.41) is 12.6. The number of aromatic nitrogens is 2. The van der Waals surface area contributed by atoms with Gasteiger partial charge in [0, 0.05) is 41.5 Å². The first-order chi connectivity index (χ1) is 9.17. The molecule has 100 valence electrons. The van der Waals surface area contributed by atoms with Crippen LogP contribution in [0.5, 0.6) is 0 Å². The van der Waals surface area contributed by atoms with E-state index < -0.39 is 0 Å². The minimum Gasteiger partial charge on any atom is -0.354 e. The summed E-state index contributed by atoms with van der Waals surface area (Å²) in [6.07, 6.45) is 4.59. The third-order valence-electron chi connectivity index (χ3n) is 2.86. The Morgan fingerprint density at radius 3 is 3.32 bits per heavy atom. The zero-order valence-corrected chi connectivity index (χ0v) is 12.4. The number of aromatic amines is 1. The highest BCUT2D eigenvalue weighted by Crippen LogP contribution is 2.25. The summed E-state index contributed by atoms with van der Waals surface area (Å²) >= 11 is 2.13. The van der Waals surface area contributed by atoms with E-state index in [0.29, 0.717) is 12.1 Å². The fraction of sp³-hybridized carbons (Fsp3) is 0.364. The molecule has 1 unspecified atom stereocenters. The molecule has 2 rings (SSSR count). The Labute approximate surface area is 124 Å². The fourth-order valence-electron chi connectivity index (χ4n) is 1.89. The van der Waals surface area contributed by atoms with Crippen LogP contribution in [0.15, 0.2) is 6.08 Å². The Kier molecular flexibility index (Phi) is 4.39. The quantitative estimate of drug-likeness (QED) is 0.360. The van der Waals surface area contributed by atoms with Gasteiger partial charge in [-0.1, -0.05) is 6.08 Å². The predicted molar refractivity (Wildman–Crippen MR) is 78.6 cm³/mol. The first kappa shape index (κ1) is 13.8. The zero-order valence-electron chi connectivity index (χ0n) is 10.3. The molecule has 1 aromatic rings. The highest BCUT2D eigenvalue weighted by atomic mass is 127. The van der Waals surface area contributed by atoms with E-state index in [2.05, 4.69) is 43.4 Å². The number of carbonyl (C=O) groups is 1. The molecule has 1 aliphatic rings. The number of rotatable bonds is 4. The third kappa shape index (κ3) is 2.87. The van der Waals surface area contributed by atoms with Crippen molar-refractivity contribution in [3.05, 3.63) is 28.0 Å². The van der Waals surface area contributed by atoms with Gasteiger partial charge < -0.3 is 5.32 Å². The molecule has 0 saturated carbocycles. The summed E-state index contributed by atoms with van der Waals surface area (Å²) in [5.41, 5.74) is 2.20. The van der Waals surface area contributed by atoms with Crippen LogP contribution in [-0.2, 0) is 11.3 Å². The Bertz CT molecular complexity index is 548. The Hall–Kier alpha value is -1.60. The number of hydrogen-bond donors (Lipinski definition) is 2. The van der Waals surface area contributed by atoms with Gasteiger partial charge in [-0.2, -0.15) is 8.21 Å². The van der Waals surface area contributed by atoms with Gasteiger partial charge >= 0.3 is 6.57 Å². The number of carbonyl (C=O) groups excluding carboxylic acids is 1. The minimum absolute atomic E-state index is 0.0934. The average Bonchev–Trinajstić information content (AvgIpc) is 2.86. The van der Waals surface area contributed by atoms with Crippen LogP contribution in [0.3, 0.4) is 0 Å². The van der Waals surface area contributed by atoms with Crippen LogP contribution in [0.25, 0.3) is 11.1 Å². The lowest BCUT2D eigenvalue weighted by molar-refractivity contribution is 0.0957. The highest BCUT2D eigenvalue weighted by molar-refractivity contribution is 14.1. The van der Waals surface area contributed by atoms with E-state index >= 15 is 0 Å². The molecule has 0 bridgehead atoms. The molecule has 1 aliphatic carbocycles. The van der Waals surface area contributed by atoms with E-state index in [-0.39, 0.29) is 18.7 Å². The number of fused-ring (bicyclic) bond motifs is 1. The second-order valence-corrected chi connectivity index (χ2v) is 5.18. The van der Waals surface area contributed by atoms with Crippen LogP contribution in [0, 0.1) is 6.57 Å². The maximum absolute atomic E-state index is 11.7. The second-order valence-electron chi connectivity index (χ2n) is 3.94. The Morgan fingerprint density at radius 1 is 1.84 bits per heavy atom. The molecule has 0 radical (unpaired) electrons. The normalized spacial score (nSPS) is 16.8. The molecule has 1 heterocycles. The summed E-state index contributed by atoms with van der Waals surface area (Å²) in [5.74, 6) is -0.195. The fourth-order valence-corrected chi connectivity index (χ4v) is 2.40. The van der Waals surface area contributed by atoms with Crippen molar-refractivity contribution in [2.75, 3.05) is 13.8 Å². The maximum atomic E-state index is 11.7. The summed E-state index contributed by atoms with van der Waals surface area (Å²) in [4.78, 5) is 16.5. The van der Waals surface area contributed by atoms with E-state index in [1.54, 1.807) is 7.05 Å². The standard InChI is InChI=1S/C11H12IN5O2/c1-13-11(18)10-8-5-7(17(12)6-19-14-2)3-4-9(8)15-16-10/h2-4,7H,5-6H2,1H3,(H-,13,15,16,18)/p+1. The monoisotopic (exact) mass is 374 g/mol. The lowest BCUT2D eigenvalue weighted by Crippen LogP contribution is -2.31. The van der Waals surface area contributed by atoms with Crippen molar-refractivity contribution >= 4 is 34.8 Å². The van der Waals surface area contributed by atoms with Gasteiger partial charge in [-0.15, -0.1) is 4.84 Å². The van der Waals surface area contributed by atoms with Gasteiger partial charge in [0.05, 0.1) is 5.69 Å². The van der Waals surface area contributed by atoms with Crippen molar-refractivity contribution in [2.24, 2.45) is 0 Å². The van der Waals surface area contributed by atoms with E-state index in [1.807, 2.05) is 15.3 Å². The van der Waals surface area contributed by atoms with E-state index in [1.165, 1.54) is 0 Å². The van der Waals surface area contributed by atoms with Crippen molar-refractivity contribution < 1.29 is 9.63 Å². The summed E-state index contributed by atoms with van der Waals surface area (Å²) in [6.45, 7) is 5.21. The molecule has 2 N–H and O–H groups in total. The molecule has 7 nitrogen and oxygen atoms in total. The van der Waals surface area contributed by atoms with Crippen LogP contribution >= 0.6 is 22.9 Å². The molecule has 1 atom stereocenters. The molecular formula is C11H13IN5O2+. The molecule has 1 amide bonds. The van der Waals surface area contributed by atoms with Crippen molar-refractivity contribution in [1.29, 1.82) is 0 Å². The van der Waals surface area contributed by atoms with E-state index in [9.17, 15) is 4.79 Å². The zero-order chi connectivity index (χ0) is 13.8. The van der Waals surface area contributed by atoms with Gasteiger partial charge in [0.15, 0.2) is 5.69 Å². The Morgan fingerprint density at radius 2 is 2.63 bits per heavy atom. The largest absolute Gasteiger partial charge is 0.354 e. The van der Waals surface area contributed by atoms with Crippen LogP contribution < -0.4 is 5.32 Å². The van der Waals surface area contributed by atoms with E-state index in [4.69, 9.17) is 11.4 Å². The smallest absolute Gasteiger partial charge is 0.335 e. The summed E-state index contributed by atoms with van der Waals surface area (Å²) in [7, 11) is 1.58. The van der Waals surface area contributed by atoms with Gasteiger partial charge in [0.1, 0.15) is 0 Å². The third-order valence-corrected chi connectivity index (χ3v) is 3.85. The molecule has 0 aromatic carbocycles. The molecule has 0 aliphatic heterocycles. The molecule has 0 fully saturated rings. The van der Waals surface area contributed by atoms with Crippen LogP contribution in [0.1, 0.15) is 21.7 Å². The molecule has 1 aromatic heterocycles. The maximum Gasteiger partial charge on any atom is 0.335 e. The lowest BCUT2D eigenvalue weighted by Gasteiger charge is -2.22. The highest BCUT2D eigenvalue weighted by Gasteiger charge is 2.26. The first-order valence-corrected chi connectivity index (χ1v) is 6.56. The van der Waals surface area contributed by atoms with Crippen molar-refractivity contribution in [3.63, 3.8) is 0 Å². The van der Waals surface area contributed by atoms with Crippen LogP contribution in [0.2, 0.25) is 0 Å². The Balaban J connectivity index is 2.16. The van der Waals surface area contributed by atoms with Crippen LogP contribution in [0.4, 0.5) is 0 Å².